The summed E-state index contributed by atoms with van der Waals surface area (Å²) in [7, 11) is 0. The van der Waals surface area contributed by atoms with Crippen LogP contribution in [-0.4, -0.2) is 47.6 Å². The third-order valence-electron chi connectivity index (χ3n) is 3.35. The summed E-state index contributed by atoms with van der Waals surface area (Å²) in [4.78, 5) is 18.7. The predicted octanol–water partition coefficient (Wildman–Crippen LogP) is 2.81. The first-order valence-electron chi connectivity index (χ1n) is 7.35. The molecule has 0 radical (unpaired) electrons. The average Bonchev–Trinajstić information content (AvgIpc) is 2.44. The number of ether oxygens (including phenoxy) is 1. The number of halogens is 1. The Labute approximate surface area is 130 Å². The lowest BCUT2D eigenvalue weighted by molar-refractivity contribution is -0.0586. The highest BCUT2D eigenvalue weighted by Crippen LogP contribution is 2.22. The number of hydrogen-bond donors (Lipinski definition) is 1. The number of pyridine rings is 1. The predicted molar refractivity (Wildman–Crippen MR) is 83.9 cm³/mol. The molecule has 2 heterocycles. The molecular formula is C15H22ClN3O2. The van der Waals surface area contributed by atoms with Gasteiger partial charge in [-0.2, -0.15) is 0 Å². The molecule has 2 atom stereocenters. The van der Waals surface area contributed by atoms with Gasteiger partial charge < -0.3 is 15.0 Å². The van der Waals surface area contributed by atoms with Gasteiger partial charge in [0.15, 0.2) is 0 Å². The Hall–Kier alpha value is -1.33. The minimum absolute atomic E-state index is 0.0380. The molecule has 1 aromatic rings. The fourth-order valence-corrected chi connectivity index (χ4v) is 2.65. The van der Waals surface area contributed by atoms with Gasteiger partial charge in [-0.1, -0.05) is 18.5 Å². The van der Waals surface area contributed by atoms with Crippen molar-refractivity contribution in [3.8, 4) is 0 Å². The van der Waals surface area contributed by atoms with Crippen LogP contribution in [0.3, 0.4) is 0 Å². The summed E-state index contributed by atoms with van der Waals surface area (Å²) in [6, 6.07) is 1.73. The number of aromatic nitrogens is 1. The smallest absolute Gasteiger partial charge is 0.255 e. The number of anilines is 1. The van der Waals surface area contributed by atoms with E-state index in [1.54, 1.807) is 11.0 Å². The topological polar surface area (TPSA) is 54.5 Å². The van der Waals surface area contributed by atoms with E-state index < -0.39 is 0 Å². The third-order valence-corrected chi connectivity index (χ3v) is 3.65. The van der Waals surface area contributed by atoms with Gasteiger partial charge in [-0.15, -0.1) is 0 Å². The van der Waals surface area contributed by atoms with E-state index in [-0.39, 0.29) is 18.1 Å². The van der Waals surface area contributed by atoms with Crippen molar-refractivity contribution in [1.82, 2.24) is 9.88 Å². The lowest BCUT2D eigenvalue weighted by Crippen LogP contribution is -2.48. The molecule has 0 aliphatic carbocycles. The zero-order valence-corrected chi connectivity index (χ0v) is 13.5. The second-order valence-electron chi connectivity index (χ2n) is 5.44. The number of carbonyl (C=O) groups excluding carboxylic acids is 1. The first-order valence-corrected chi connectivity index (χ1v) is 7.73. The van der Waals surface area contributed by atoms with E-state index in [1.165, 1.54) is 6.20 Å². The largest absolute Gasteiger partial charge is 0.372 e. The summed E-state index contributed by atoms with van der Waals surface area (Å²) in [5.41, 5.74) is 0.492. The SMILES string of the molecule is CCCNc1cc(C(=O)N2CC(C)OC(C)C2)c(Cl)cn1. The molecule has 2 rings (SSSR count). The second-order valence-corrected chi connectivity index (χ2v) is 5.85. The number of nitrogens with one attached hydrogen (secondary N) is 1. The number of rotatable bonds is 4. The van der Waals surface area contributed by atoms with Gasteiger partial charge in [-0.05, 0) is 26.3 Å². The van der Waals surface area contributed by atoms with Crippen molar-refractivity contribution in [2.45, 2.75) is 39.4 Å². The van der Waals surface area contributed by atoms with Crippen molar-refractivity contribution in [2.24, 2.45) is 0 Å². The van der Waals surface area contributed by atoms with Gasteiger partial charge in [0.25, 0.3) is 5.91 Å². The minimum atomic E-state index is -0.0658. The molecule has 116 valence electrons. The zero-order valence-electron chi connectivity index (χ0n) is 12.7. The highest BCUT2D eigenvalue weighted by molar-refractivity contribution is 6.33. The molecule has 2 unspecified atom stereocenters. The maximum atomic E-state index is 12.7. The van der Waals surface area contributed by atoms with Crippen molar-refractivity contribution in [2.75, 3.05) is 25.0 Å². The highest BCUT2D eigenvalue weighted by atomic mass is 35.5. The Balaban J connectivity index is 2.17. The van der Waals surface area contributed by atoms with E-state index in [0.29, 0.717) is 29.5 Å². The number of nitrogens with zero attached hydrogens (tertiary/aromatic N) is 2. The minimum Gasteiger partial charge on any atom is -0.372 e. The molecule has 1 fully saturated rings. The van der Waals surface area contributed by atoms with Gasteiger partial charge in [-0.25, -0.2) is 4.98 Å². The molecule has 0 aromatic carbocycles. The fraction of sp³-hybridized carbons (Fsp3) is 0.600. The summed E-state index contributed by atoms with van der Waals surface area (Å²) in [5, 5.41) is 3.56. The Morgan fingerprint density at radius 2 is 2.14 bits per heavy atom. The van der Waals surface area contributed by atoms with Crippen LogP contribution in [0.15, 0.2) is 12.3 Å². The molecule has 6 heteroatoms. The van der Waals surface area contributed by atoms with Crippen LogP contribution in [0.4, 0.5) is 5.82 Å². The molecule has 5 nitrogen and oxygen atoms in total. The van der Waals surface area contributed by atoms with Crippen molar-refractivity contribution >= 4 is 23.3 Å². The van der Waals surface area contributed by atoms with Crippen LogP contribution in [0.5, 0.6) is 0 Å². The zero-order chi connectivity index (χ0) is 15.4. The molecule has 1 aliphatic heterocycles. The molecule has 1 aromatic heterocycles. The molecule has 1 aliphatic rings. The lowest BCUT2D eigenvalue weighted by atomic mass is 10.1. The standard InChI is InChI=1S/C15H22ClN3O2/c1-4-5-17-14-6-12(13(16)7-18-14)15(20)19-8-10(2)21-11(3)9-19/h6-7,10-11H,4-5,8-9H2,1-3H3,(H,17,18). The summed E-state index contributed by atoms with van der Waals surface area (Å²) in [6.45, 7) is 8.00. The van der Waals surface area contributed by atoms with Crippen LogP contribution in [0, 0.1) is 0 Å². The first kappa shape index (κ1) is 16.0. The molecule has 1 N–H and O–H groups in total. The van der Waals surface area contributed by atoms with E-state index in [4.69, 9.17) is 16.3 Å². The Bertz CT molecular complexity index is 500. The first-order chi connectivity index (χ1) is 10.0. The number of hydrogen-bond acceptors (Lipinski definition) is 4. The number of amides is 1. The van der Waals surface area contributed by atoms with E-state index in [0.717, 1.165) is 13.0 Å². The summed E-state index contributed by atoms with van der Waals surface area (Å²) >= 11 is 6.15. The van der Waals surface area contributed by atoms with Crippen molar-refractivity contribution in [1.29, 1.82) is 0 Å². The highest BCUT2D eigenvalue weighted by Gasteiger charge is 2.27. The normalized spacial score (nSPS) is 22.2. The molecule has 0 saturated carbocycles. The summed E-state index contributed by atoms with van der Waals surface area (Å²) < 4.78 is 5.66. The molecule has 0 spiro atoms. The Kier molecular flexibility index (Phi) is 5.42. The molecule has 0 bridgehead atoms. The van der Waals surface area contributed by atoms with Gasteiger partial charge in [0.2, 0.25) is 0 Å². The maximum Gasteiger partial charge on any atom is 0.255 e. The van der Waals surface area contributed by atoms with Crippen LogP contribution in [-0.2, 0) is 4.74 Å². The van der Waals surface area contributed by atoms with E-state index >= 15 is 0 Å². The van der Waals surface area contributed by atoms with Crippen LogP contribution < -0.4 is 5.32 Å². The van der Waals surface area contributed by atoms with Crippen molar-refractivity contribution < 1.29 is 9.53 Å². The summed E-state index contributed by atoms with van der Waals surface area (Å²) in [5.74, 6) is 0.614. The third kappa shape index (κ3) is 4.08. The fourth-order valence-electron chi connectivity index (χ4n) is 2.47. The van der Waals surface area contributed by atoms with E-state index in [1.807, 2.05) is 13.8 Å². The second kappa shape index (κ2) is 7.09. The van der Waals surface area contributed by atoms with E-state index in [2.05, 4.69) is 17.2 Å². The maximum absolute atomic E-state index is 12.7. The van der Waals surface area contributed by atoms with Crippen molar-refractivity contribution in [3.63, 3.8) is 0 Å². The van der Waals surface area contributed by atoms with Gasteiger partial charge in [0, 0.05) is 25.8 Å². The van der Waals surface area contributed by atoms with E-state index in [9.17, 15) is 4.79 Å². The van der Waals surface area contributed by atoms with Gasteiger partial charge in [0.05, 0.1) is 22.8 Å². The van der Waals surface area contributed by atoms with Crippen LogP contribution in [0.2, 0.25) is 5.02 Å². The Morgan fingerprint density at radius 3 is 2.76 bits per heavy atom. The van der Waals surface area contributed by atoms with Gasteiger partial charge in [0.1, 0.15) is 5.82 Å². The average molecular weight is 312 g/mol. The van der Waals surface area contributed by atoms with Crippen LogP contribution in [0.1, 0.15) is 37.6 Å². The van der Waals surface area contributed by atoms with Crippen molar-refractivity contribution in [3.05, 3.63) is 22.8 Å². The molecule has 1 saturated heterocycles. The molecule has 1 amide bonds. The van der Waals surface area contributed by atoms with Gasteiger partial charge >= 0.3 is 0 Å². The van der Waals surface area contributed by atoms with Gasteiger partial charge in [-0.3, -0.25) is 4.79 Å². The lowest BCUT2D eigenvalue weighted by Gasteiger charge is -2.35. The molecular weight excluding hydrogens is 290 g/mol. The number of morpholine rings is 1. The number of carbonyl (C=O) groups is 1. The summed E-state index contributed by atoms with van der Waals surface area (Å²) in [6.07, 6.45) is 2.60. The monoisotopic (exact) mass is 311 g/mol. The van der Waals surface area contributed by atoms with Crippen LogP contribution >= 0.6 is 11.6 Å². The van der Waals surface area contributed by atoms with Crippen LogP contribution in [0.25, 0.3) is 0 Å². The Morgan fingerprint density at radius 1 is 1.48 bits per heavy atom. The quantitative estimate of drug-likeness (QED) is 0.929. The molecule has 21 heavy (non-hydrogen) atoms.